The predicted octanol–water partition coefficient (Wildman–Crippen LogP) is -1.23. The summed E-state index contributed by atoms with van der Waals surface area (Å²) in [4.78, 5) is 22.6. The van der Waals surface area contributed by atoms with Gasteiger partial charge in [0.05, 0.1) is 19.3 Å². The number of aliphatic hydroxyl groups is 3. The molecule has 4 atom stereocenters. The Bertz CT molecular complexity index is 317. The Labute approximate surface area is 111 Å². The zero-order valence-corrected chi connectivity index (χ0v) is 10.8. The van der Waals surface area contributed by atoms with E-state index in [9.17, 15) is 19.8 Å². The van der Waals surface area contributed by atoms with Gasteiger partial charge in [0.15, 0.2) is 12.2 Å². The molecule has 2 unspecified atom stereocenters. The van der Waals surface area contributed by atoms with Crippen LogP contribution in [0, 0.1) is 0 Å². The van der Waals surface area contributed by atoms with Crippen LogP contribution in [0.15, 0.2) is 0 Å². The highest BCUT2D eigenvalue weighted by Crippen LogP contribution is 2.19. The molecule has 19 heavy (non-hydrogen) atoms. The summed E-state index contributed by atoms with van der Waals surface area (Å²) in [7, 11) is 0. The SMILES string of the molecule is CCCCC(O)COC1C(=O)C(=O)O[C@@H]1[C@@H](O)CO. The molecule has 7 heteroatoms. The van der Waals surface area contributed by atoms with Gasteiger partial charge in [-0.25, -0.2) is 4.79 Å². The number of esters is 1. The van der Waals surface area contributed by atoms with E-state index in [1.807, 2.05) is 6.92 Å². The van der Waals surface area contributed by atoms with Crippen molar-refractivity contribution in [3.05, 3.63) is 0 Å². The van der Waals surface area contributed by atoms with Gasteiger partial charge in [0.25, 0.3) is 5.78 Å². The van der Waals surface area contributed by atoms with E-state index < -0.39 is 42.8 Å². The van der Waals surface area contributed by atoms with Crippen molar-refractivity contribution in [2.75, 3.05) is 13.2 Å². The predicted molar refractivity (Wildman–Crippen MR) is 63.3 cm³/mol. The van der Waals surface area contributed by atoms with Crippen molar-refractivity contribution < 1.29 is 34.4 Å². The Morgan fingerprint density at radius 3 is 2.63 bits per heavy atom. The van der Waals surface area contributed by atoms with Crippen LogP contribution in [-0.2, 0) is 19.1 Å². The molecule has 1 rings (SSSR count). The molecule has 0 saturated carbocycles. The van der Waals surface area contributed by atoms with Crippen LogP contribution in [0.1, 0.15) is 26.2 Å². The van der Waals surface area contributed by atoms with Crippen LogP contribution < -0.4 is 0 Å². The number of rotatable bonds is 8. The number of hydrogen-bond donors (Lipinski definition) is 3. The summed E-state index contributed by atoms with van der Waals surface area (Å²) >= 11 is 0. The van der Waals surface area contributed by atoms with E-state index in [0.717, 1.165) is 12.8 Å². The van der Waals surface area contributed by atoms with E-state index in [4.69, 9.17) is 9.84 Å². The summed E-state index contributed by atoms with van der Waals surface area (Å²) in [6, 6.07) is 0. The molecule has 0 aliphatic carbocycles. The van der Waals surface area contributed by atoms with Gasteiger partial charge in [-0.15, -0.1) is 0 Å². The largest absolute Gasteiger partial charge is 0.450 e. The molecule has 1 fully saturated rings. The molecule has 7 nitrogen and oxygen atoms in total. The molecular weight excluding hydrogens is 256 g/mol. The summed E-state index contributed by atoms with van der Waals surface area (Å²) in [5.74, 6) is -1.99. The van der Waals surface area contributed by atoms with Gasteiger partial charge in [0.2, 0.25) is 0 Å². The number of ether oxygens (including phenoxy) is 2. The highest BCUT2D eigenvalue weighted by atomic mass is 16.6. The average molecular weight is 276 g/mol. The van der Waals surface area contributed by atoms with Gasteiger partial charge in [-0.2, -0.15) is 0 Å². The Balaban J connectivity index is 2.52. The minimum atomic E-state index is -1.38. The maximum absolute atomic E-state index is 11.5. The lowest BCUT2D eigenvalue weighted by Gasteiger charge is -2.21. The number of carbonyl (C=O) groups is 2. The van der Waals surface area contributed by atoms with Gasteiger partial charge < -0.3 is 24.8 Å². The third-order valence-corrected chi connectivity index (χ3v) is 2.93. The summed E-state index contributed by atoms with van der Waals surface area (Å²) in [6.45, 7) is 1.21. The van der Waals surface area contributed by atoms with Crippen LogP contribution in [0.25, 0.3) is 0 Å². The first-order valence-corrected chi connectivity index (χ1v) is 6.34. The summed E-state index contributed by atoms with van der Waals surface area (Å²) in [6.07, 6.45) is -2.34. The third kappa shape index (κ3) is 4.24. The number of hydrogen-bond acceptors (Lipinski definition) is 7. The standard InChI is InChI=1S/C12H20O7/c1-2-3-4-7(14)6-18-11-9(16)12(17)19-10(11)8(15)5-13/h7-8,10-11,13-15H,2-6H2,1H3/t7?,8-,10+,11?/m0/s1. The minimum Gasteiger partial charge on any atom is -0.450 e. The lowest BCUT2D eigenvalue weighted by atomic mass is 10.1. The van der Waals surface area contributed by atoms with Crippen LogP contribution in [0.3, 0.4) is 0 Å². The molecule has 1 heterocycles. The van der Waals surface area contributed by atoms with Gasteiger partial charge in [-0.3, -0.25) is 4.79 Å². The maximum atomic E-state index is 11.5. The number of aliphatic hydroxyl groups excluding tert-OH is 3. The molecule has 1 aliphatic heterocycles. The van der Waals surface area contributed by atoms with Gasteiger partial charge in [0, 0.05) is 0 Å². The molecule has 3 N–H and O–H groups in total. The fourth-order valence-corrected chi connectivity index (χ4v) is 1.80. The van der Waals surface area contributed by atoms with E-state index in [-0.39, 0.29) is 6.61 Å². The van der Waals surface area contributed by atoms with Crippen molar-refractivity contribution in [1.29, 1.82) is 0 Å². The second-order valence-electron chi connectivity index (χ2n) is 4.53. The minimum absolute atomic E-state index is 0.123. The van der Waals surface area contributed by atoms with Crippen molar-refractivity contribution in [2.24, 2.45) is 0 Å². The second-order valence-corrected chi connectivity index (χ2v) is 4.53. The fraction of sp³-hybridized carbons (Fsp3) is 0.833. The first-order valence-electron chi connectivity index (χ1n) is 6.34. The van der Waals surface area contributed by atoms with Crippen molar-refractivity contribution in [1.82, 2.24) is 0 Å². The van der Waals surface area contributed by atoms with Gasteiger partial charge in [-0.1, -0.05) is 19.8 Å². The van der Waals surface area contributed by atoms with Crippen LogP contribution in [0.4, 0.5) is 0 Å². The number of unbranched alkanes of at least 4 members (excludes halogenated alkanes) is 1. The molecule has 0 amide bonds. The van der Waals surface area contributed by atoms with Crippen LogP contribution in [0.5, 0.6) is 0 Å². The summed E-state index contributed by atoms with van der Waals surface area (Å²) in [5, 5.41) is 27.9. The second kappa shape index (κ2) is 7.54. The van der Waals surface area contributed by atoms with E-state index in [1.165, 1.54) is 0 Å². The highest BCUT2D eigenvalue weighted by Gasteiger charge is 2.48. The number of cyclic esters (lactones) is 1. The summed E-state index contributed by atoms with van der Waals surface area (Å²) < 4.78 is 9.81. The quantitative estimate of drug-likeness (QED) is 0.376. The molecular formula is C12H20O7. The van der Waals surface area contributed by atoms with E-state index in [2.05, 4.69) is 4.74 Å². The monoisotopic (exact) mass is 276 g/mol. The zero-order chi connectivity index (χ0) is 14.4. The lowest BCUT2D eigenvalue weighted by molar-refractivity contribution is -0.152. The summed E-state index contributed by atoms with van der Waals surface area (Å²) in [5.41, 5.74) is 0. The Morgan fingerprint density at radius 1 is 1.37 bits per heavy atom. The van der Waals surface area contributed by atoms with Gasteiger partial charge in [-0.05, 0) is 6.42 Å². The normalized spacial score (nSPS) is 26.3. The fourth-order valence-electron chi connectivity index (χ4n) is 1.80. The van der Waals surface area contributed by atoms with Crippen LogP contribution >= 0.6 is 0 Å². The number of ketones is 1. The molecule has 0 radical (unpaired) electrons. The van der Waals surface area contributed by atoms with Crippen molar-refractivity contribution >= 4 is 11.8 Å². The molecule has 0 bridgehead atoms. The van der Waals surface area contributed by atoms with Crippen molar-refractivity contribution in [2.45, 2.75) is 50.6 Å². The lowest BCUT2D eigenvalue weighted by Crippen LogP contribution is -2.42. The zero-order valence-electron chi connectivity index (χ0n) is 10.8. The van der Waals surface area contributed by atoms with E-state index in [1.54, 1.807) is 0 Å². The average Bonchev–Trinajstić information content (AvgIpc) is 2.69. The highest BCUT2D eigenvalue weighted by molar-refractivity contribution is 6.37. The Morgan fingerprint density at radius 2 is 2.05 bits per heavy atom. The van der Waals surface area contributed by atoms with Crippen molar-refractivity contribution in [3.63, 3.8) is 0 Å². The van der Waals surface area contributed by atoms with E-state index >= 15 is 0 Å². The molecule has 1 aliphatic rings. The van der Waals surface area contributed by atoms with E-state index in [0.29, 0.717) is 6.42 Å². The molecule has 0 aromatic heterocycles. The van der Waals surface area contributed by atoms with Crippen LogP contribution in [0.2, 0.25) is 0 Å². The first kappa shape index (κ1) is 16.0. The van der Waals surface area contributed by atoms with Crippen molar-refractivity contribution in [3.8, 4) is 0 Å². The molecule has 110 valence electrons. The maximum Gasteiger partial charge on any atom is 0.378 e. The Kier molecular flexibility index (Phi) is 6.36. The first-order chi connectivity index (χ1) is 9.01. The molecule has 1 saturated heterocycles. The number of carbonyl (C=O) groups excluding carboxylic acids is 2. The Hall–Kier alpha value is -1.02. The number of Topliss-reactive ketones (excluding diaryl/α,β-unsaturated/α-hetero) is 1. The topological polar surface area (TPSA) is 113 Å². The van der Waals surface area contributed by atoms with Gasteiger partial charge >= 0.3 is 5.97 Å². The molecule has 0 aromatic rings. The third-order valence-electron chi connectivity index (χ3n) is 2.93. The smallest absolute Gasteiger partial charge is 0.378 e. The molecule has 0 aromatic carbocycles. The van der Waals surface area contributed by atoms with Crippen LogP contribution in [-0.4, -0.2) is 64.7 Å². The van der Waals surface area contributed by atoms with Gasteiger partial charge in [0.1, 0.15) is 6.10 Å². The molecule has 0 spiro atoms.